The van der Waals surface area contributed by atoms with Gasteiger partial charge in [0.1, 0.15) is 0 Å². The SMILES string of the molecule is Cl.O=C(Nc1cn[nH]c1-c1ccccc1)[C@H]1CC[C@H]2OCCN[C@@H]2C1. The minimum atomic E-state index is 0. The molecule has 1 aromatic heterocycles. The third-order valence-corrected chi connectivity index (χ3v) is 4.96. The molecule has 6 nitrogen and oxygen atoms in total. The second-order valence-corrected chi connectivity index (χ2v) is 6.49. The first-order valence-electron chi connectivity index (χ1n) is 8.56. The van der Waals surface area contributed by atoms with Crippen LogP contribution in [0.3, 0.4) is 0 Å². The van der Waals surface area contributed by atoms with Crippen molar-refractivity contribution in [3.63, 3.8) is 0 Å². The number of fused-ring (bicyclic) bond motifs is 1. The predicted molar refractivity (Wildman–Crippen MR) is 98.8 cm³/mol. The van der Waals surface area contributed by atoms with Gasteiger partial charge in [-0.2, -0.15) is 5.10 Å². The third kappa shape index (κ3) is 3.86. The van der Waals surface area contributed by atoms with Crippen molar-refractivity contribution < 1.29 is 9.53 Å². The summed E-state index contributed by atoms with van der Waals surface area (Å²) in [5, 5.41) is 13.6. The van der Waals surface area contributed by atoms with Crippen LogP contribution in [0.15, 0.2) is 36.5 Å². The Hall–Kier alpha value is -1.89. The summed E-state index contributed by atoms with van der Waals surface area (Å²) >= 11 is 0. The molecule has 1 aliphatic carbocycles. The number of aromatic nitrogens is 2. The maximum atomic E-state index is 12.7. The zero-order valence-electron chi connectivity index (χ0n) is 13.9. The average molecular weight is 363 g/mol. The van der Waals surface area contributed by atoms with Gasteiger partial charge in [0, 0.05) is 24.1 Å². The summed E-state index contributed by atoms with van der Waals surface area (Å²) in [6.45, 7) is 1.64. The van der Waals surface area contributed by atoms with E-state index < -0.39 is 0 Å². The van der Waals surface area contributed by atoms with Crippen molar-refractivity contribution in [2.75, 3.05) is 18.5 Å². The van der Waals surface area contributed by atoms with Crippen molar-refractivity contribution in [3.05, 3.63) is 36.5 Å². The first kappa shape index (κ1) is 17.9. The number of morpholine rings is 1. The van der Waals surface area contributed by atoms with Crippen molar-refractivity contribution in [2.45, 2.75) is 31.4 Å². The summed E-state index contributed by atoms with van der Waals surface area (Å²) in [5.41, 5.74) is 2.59. The molecule has 0 radical (unpaired) electrons. The lowest BCUT2D eigenvalue weighted by molar-refractivity contribution is -0.123. The lowest BCUT2D eigenvalue weighted by Crippen LogP contribution is -2.52. The number of anilines is 1. The van der Waals surface area contributed by atoms with Crippen LogP contribution in [0.1, 0.15) is 19.3 Å². The van der Waals surface area contributed by atoms with E-state index in [4.69, 9.17) is 4.74 Å². The Balaban J connectivity index is 0.00000182. The maximum Gasteiger partial charge on any atom is 0.227 e. The first-order valence-corrected chi connectivity index (χ1v) is 8.56. The third-order valence-electron chi connectivity index (χ3n) is 4.96. The predicted octanol–water partition coefficient (Wildman–Crippen LogP) is 2.59. The number of halogens is 1. The molecule has 1 saturated carbocycles. The van der Waals surface area contributed by atoms with E-state index in [1.54, 1.807) is 6.20 Å². The standard InChI is InChI=1S/C18H22N4O2.ClH/c23-18(13-6-7-16-14(10-13)19-8-9-24-16)21-15-11-20-22-17(15)12-4-2-1-3-5-12;/h1-5,11,13-14,16,19H,6-10H2,(H,20,22)(H,21,23);1H/t13-,14+,16+;/m0./s1. The molecule has 2 aromatic rings. The second-order valence-electron chi connectivity index (χ2n) is 6.49. The van der Waals surface area contributed by atoms with Crippen LogP contribution >= 0.6 is 12.4 Å². The van der Waals surface area contributed by atoms with Crippen LogP contribution in [0.4, 0.5) is 5.69 Å². The first-order chi connectivity index (χ1) is 11.8. The molecule has 1 saturated heterocycles. The molecule has 0 bridgehead atoms. The highest BCUT2D eigenvalue weighted by Gasteiger charge is 2.36. The molecule has 3 N–H and O–H groups in total. The van der Waals surface area contributed by atoms with E-state index in [9.17, 15) is 4.79 Å². The highest BCUT2D eigenvalue weighted by Crippen LogP contribution is 2.31. The number of ether oxygens (including phenoxy) is 1. The van der Waals surface area contributed by atoms with E-state index in [1.807, 2.05) is 30.3 Å². The minimum Gasteiger partial charge on any atom is -0.375 e. The fourth-order valence-corrected chi connectivity index (χ4v) is 3.69. The fraction of sp³-hybridized carbons (Fsp3) is 0.444. The number of aromatic amines is 1. The average Bonchev–Trinajstić information content (AvgIpc) is 3.10. The topological polar surface area (TPSA) is 79.0 Å². The maximum absolute atomic E-state index is 12.7. The van der Waals surface area contributed by atoms with Crippen molar-refractivity contribution >= 4 is 24.0 Å². The monoisotopic (exact) mass is 362 g/mol. The molecule has 2 aliphatic rings. The number of carbonyl (C=O) groups excluding carboxylic acids is 1. The Morgan fingerprint density at radius 1 is 1.24 bits per heavy atom. The lowest BCUT2D eigenvalue weighted by Gasteiger charge is -2.39. The van der Waals surface area contributed by atoms with Gasteiger partial charge in [-0.15, -0.1) is 12.4 Å². The minimum absolute atomic E-state index is 0. The van der Waals surface area contributed by atoms with E-state index in [-0.39, 0.29) is 30.3 Å². The number of amides is 1. The van der Waals surface area contributed by atoms with Gasteiger partial charge in [0.25, 0.3) is 0 Å². The van der Waals surface area contributed by atoms with Gasteiger partial charge < -0.3 is 15.4 Å². The molecule has 4 rings (SSSR count). The van der Waals surface area contributed by atoms with Crippen molar-refractivity contribution in [1.82, 2.24) is 15.5 Å². The summed E-state index contributed by atoms with van der Waals surface area (Å²) in [6, 6.07) is 10.2. The van der Waals surface area contributed by atoms with E-state index >= 15 is 0 Å². The van der Waals surface area contributed by atoms with Crippen molar-refractivity contribution in [3.8, 4) is 11.3 Å². The Bertz CT molecular complexity index is 706. The smallest absolute Gasteiger partial charge is 0.227 e. The van der Waals surface area contributed by atoms with Crippen molar-refractivity contribution in [1.29, 1.82) is 0 Å². The van der Waals surface area contributed by atoms with Gasteiger partial charge >= 0.3 is 0 Å². The number of H-pyrrole nitrogens is 1. The number of hydrogen-bond donors (Lipinski definition) is 3. The van der Waals surface area contributed by atoms with Gasteiger partial charge in [-0.1, -0.05) is 30.3 Å². The number of nitrogens with zero attached hydrogens (tertiary/aromatic N) is 1. The van der Waals surface area contributed by atoms with Crippen LogP contribution in [0, 0.1) is 5.92 Å². The van der Waals surface area contributed by atoms with E-state index in [2.05, 4.69) is 20.8 Å². The summed E-state index contributed by atoms with van der Waals surface area (Å²) < 4.78 is 5.78. The van der Waals surface area contributed by atoms with Gasteiger partial charge in [0.2, 0.25) is 5.91 Å². The Kier molecular flexibility index (Phi) is 5.73. The van der Waals surface area contributed by atoms with E-state index in [0.717, 1.165) is 49.4 Å². The zero-order valence-corrected chi connectivity index (χ0v) is 14.7. The molecule has 7 heteroatoms. The fourth-order valence-electron chi connectivity index (χ4n) is 3.69. The van der Waals surface area contributed by atoms with Gasteiger partial charge in [-0.3, -0.25) is 9.89 Å². The van der Waals surface area contributed by atoms with Crippen LogP contribution in [0.25, 0.3) is 11.3 Å². The summed E-state index contributed by atoms with van der Waals surface area (Å²) in [7, 11) is 0. The molecule has 1 aromatic carbocycles. The highest BCUT2D eigenvalue weighted by atomic mass is 35.5. The molecular weight excluding hydrogens is 340 g/mol. The normalized spacial score (nSPS) is 25.5. The largest absolute Gasteiger partial charge is 0.375 e. The van der Waals surface area contributed by atoms with Gasteiger partial charge in [-0.25, -0.2) is 0 Å². The quantitative estimate of drug-likeness (QED) is 0.784. The number of hydrogen-bond acceptors (Lipinski definition) is 4. The van der Waals surface area contributed by atoms with Gasteiger partial charge in [-0.05, 0) is 19.3 Å². The van der Waals surface area contributed by atoms with Crippen LogP contribution < -0.4 is 10.6 Å². The van der Waals surface area contributed by atoms with Crippen LogP contribution in [0.5, 0.6) is 0 Å². The summed E-state index contributed by atoms with van der Waals surface area (Å²) in [5.74, 6) is 0.0818. The Morgan fingerprint density at radius 3 is 2.92 bits per heavy atom. The highest BCUT2D eigenvalue weighted by molar-refractivity contribution is 5.96. The molecule has 25 heavy (non-hydrogen) atoms. The number of nitrogens with one attached hydrogen (secondary N) is 3. The molecule has 0 spiro atoms. The number of rotatable bonds is 3. The molecular formula is C18H23ClN4O2. The number of carbonyl (C=O) groups is 1. The summed E-state index contributed by atoms with van der Waals surface area (Å²) in [6.07, 6.45) is 4.57. The molecule has 0 unspecified atom stereocenters. The second kappa shape index (κ2) is 7.99. The zero-order chi connectivity index (χ0) is 16.4. The molecule has 134 valence electrons. The molecule has 3 atom stereocenters. The van der Waals surface area contributed by atoms with Crippen LogP contribution in [-0.4, -0.2) is 41.4 Å². The molecule has 2 fully saturated rings. The molecule has 1 aliphatic heterocycles. The van der Waals surface area contributed by atoms with Gasteiger partial charge in [0.05, 0.1) is 30.3 Å². The van der Waals surface area contributed by atoms with Crippen LogP contribution in [0.2, 0.25) is 0 Å². The van der Waals surface area contributed by atoms with Gasteiger partial charge in [0.15, 0.2) is 0 Å². The lowest BCUT2D eigenvalue weighted by atomic mass is 9.82. The van der Waals surface area contributed by atoms with E-state index in [0.29, 0.717) is 6.04 Å². The Morgan fingerprint density at radius 2 is 2.08 bits per heavy atom. The molecule has 2 heterocycles. The van der Waals surface area contributed by atoms with Crippen molar-refractivity contribution in [2.24, 2.45) is 5.92 Å². The summed E-state index contributed by atoms with van der Waals surface area (Å²) in [4.78, 5) is 12.7. The Labute approximate surface area is 153 Å². The number of benzene rings is 1. The van der Waals surface area contributed by atoms with Crippen LogP contribution in [-0.2, 0) is 9.53 Å². The molecule has 1 amide bonds. The van der Waals surface area contributed by atoms with E-state index in [1.165, 1.54) is 0 Å².